The maximum Gasteiger partial charge on any atom is 0.389 e. The Bertz CT molecular complexity index is 116. The molecule has 0 fully saturated rings. The summed E-state index contributed by atoms with van der Waals surface area (Å²) in [5, 5.41) is 0.371. The van der Waals surface area contributed by atoms with Crippen molar-refractivity contribution in [2.45, 2.75) is 19.0 Å². The van der Waals surface area contributed by atoms with Crippen LogP contribution < -0.4 is 0 Å². The Hall–Kier alpha value is 0.230. The lowest BCUT2D eigenvalue weighted by Gasteiger charge is -2.15. The molecule has 0 amide bonds. The van der Waals surface area contributed by atoms with Crippen molar-refractivity contribution < 1.29 is 17.9 Å². The average molecular weight is 249 g/mol. The molecule has 0 saturated carbocycles. The van der Waals surface area contributed by atoms with Gasteiger partial charge in [-0.25, -0.2) is 0 Å². The van der Waals surface area contributed by atoms with E-state index in [1.807, 2.05) is 0 Å². The molecule has 0 aliphatic carbocycles. The molecule has 12 heavy (non-hydrogen) atoms. The first kappa shape index (κ1) is 12.2. The number of methoxy groups -OCH3 is 1. The molecule has 0 aromatic heterocycles. The summed E-state index contributed by atoms with van der Waals surface area (Å²) < 4.78 is 40.3. The van der Waals surface area contributed by atoms with E-state index < -0.39 is 12.6 Å². The van der Waals surface area contributed by atoms with Gasteiger partial charge in [0.1, 0.15) is 0 Å². The van der Waals surface area contributed by atoms with Crippen LogP contribution >= 0.6 is 15.9 Å². The summed E-state index contributed by atoms with van der Waals surface area (Å²) in [6.45, 7) is 0.381. The lowest BCUT2D eigenvalue weighted by Crippen LogP contribution is -2.17. The van der Waals surface area contributed by atoms with Gasteiger partial charge in [-0.3, -0.25) is 0 Å². The number of halogens is 4. The smallest absolute Gasteiger partial charge is 0.385 e. The van der Waals surface area contributed by atoms with E-state index >= 15 is 0 Å². The molecule has 0 unspecified atom stereocenters. The summed E-state index contributed by atoms with van der Waals surface area (Å²) >= 11 is 3.04. The number of ether oxygens (including phenoxy) is 1. The van der Waals surface area contributed by atoms with Crippen LogP contribution in [0.5, 0.6) is 0 Å². The number of hydrogen-bond donors (Lipinski definition) is 0. The highest BCUT2D eigenvalue weighted by Crippen LogP contribution is 2.27. The van der Waals surface area contributed by atoms with E-state index in [1.165, 1.54) is 7.11 Å². The molecule has 0 spiro atoms. The highest BCUT2D eigenvalue weighted by atomic mass is 79.9. The van der Waals surface area contributed by atoms with Crippen LogP contribution in [0, 0.1) is 5.92 Å². The van der Waals surface area contributed by atoms with Crippen LogP contribution in [0.3, 0.4) is 0 Å². The van der Waals surface area contributed by atoms with Gasteiger partial charge in [-0.2, -0.15) is 13.2 Å². The van der Waals surface area contributed by atoms with Crippen molar-refractivity contribution in [3.05, 3.63) is 0 Å². The lowest BCUT2D eigenvalue weighted by molar-refractivity contribution is -0.143. The predicted octanol–water partition coefficient (Wildman–Crippen LogP) is 2.99. The fourth-order valence-electron chi connectivity index (χ4n) is 0.846. The quantitative estimate of drug-likeness (QED) is 0.680. The fraction of sp³-hybridized carbons (Fsp3) is 1.00. The molecule has 0 radical (unpaired) electrons. The minimum absolute atomic E-state index is 0.370. The minimum atomic E-state index is -4.06. The van der Waals surface area contributed by atoms with Gasteiger partial charge < -0.3 is 4.74 Å². The van der Waals surface area contributed by atoms with Crippen molar-refractivity contribution in [2.24, 2.45) is 5.92 Å². The standard InChI is InChI=1S/C7H12BrF3O/c1-12-3-2-6(5-8)4-7(9,10)11/h6H,2-5H2,1H3/t6-/m0/s1. The Morgan fingerprint density at radius 3 is 2.33 bits per heavy atom. The van der Waals surface area contributed by atoms with Gasteiger partial charge >= 0.3 is 6.18 Å². The minimum Gasteiger partial charge on any atom is -0.385 e. The molecule has 0 aromatic carbocycles. The number of hydrogen-bond acceptors (Lipinski definition) is 1. The molecule has 0 bridgehead atoms. The molecule has 0 saturated heterocycles. The molecule has 0 aliphatic rings. The summed E-state index contributed by atoms with van der Waals surface area (Å²) in [5.41, 5.74) is 0. The van der Waals surface area contributed by atoms with E-state index in [0.29, 0.717) is 18.4 Å². The van der Waals surface area contributed by atoms with E-state index in [1.54, 1.807) is 0 Å². The topological polar surface area (TPSA) is 9.23 Å². The van der Waals surface area contributed by atoms with Crippen LogP contribution in [0.1, 0.15) is 12.8 Å². The maximum absolute atomic E-state index is 11.9. The summed E-state index contributed by atoms with van der Waals surface area (Å²) in [7, 11) is 1.48. The molecule has 1 nitrogen and oxygen atoms in total. The van der Waals surface area contributed by atoms with Crippen LogP contribution in [0.2, 0.25) is 0 Å². The third-order valence-corrected chi connectivity index (χ3v) is 2.38. The second-order valence-corrected chi connectivity index (χ2v) is 3.27. The zero-order valence-corrected chi connectivity index (χ0v) is 8.41. The third kappa shape index (κ3) is 6.91. The maximum atomic E-state index is 11.9. The van der Waals surface area contributed by atoms with Crippen LogP contribution in [0.25, 0.3) is 0 Å². The van der Waals surface area contributed by atoms with E-state index in [-0.39, 0.29) is 5.92 Å². The van der Waals surface area contributed by atoms with Crippen LogP contribution in [-0.2, 0) is 4.74 Å². The molecule has 0 N–H and O–H groups in total. The van der Waals surface area contributed by atoms with Crippen LogP contribution in [0.4, 0.5) is 13.2 Å². The first-order valence-electron chi connectivity index (χ1n) is 3.61. The van der Waals surface area contributed by atoms with E-state index in [0.717, 1.165) is 0 Å². The lowest BCUT2D eigenvalue weighted by atomic mass is 10.0. The Morgan fingerprint density at radius 1 is 1.42 bits per heavy atom. The second kappa shape index (κ2) is 5.80. The predicted molar refractivity (Wildman–Crippen MR) is 44.4 cm³/mol. The van der Waals surface area contributed by atoms with Gasteiger partial charge in [-0.05, 0) is 12.3 Å². The molecular formula is C7H12BrF3O. The number of rotatable bonds is 5. The van der Waals surface area contributed by atoms with E-state index in [4.69, 9.17) is 4.74 Å². The molecule has 5 heteroatoms. The SMILES string of the molecule is COCC[C@H](CBr)CC(F)(F)F. The van der Waals surface area contributed by atoms with Crippen molar-refractivity contribution in [2.75, 3.05) is 19.0 Å². The van der Waals surface area contributed by atoms with Crippen molar-refractivity contribution in [3.8, 4) is 0 Å². The summed E-state index contributed by atoms with van der Waals surface area (Å²) in [6, 6.07) is 0. The van der Waals surface area contributed by atoms with Crippen LogP contribution in [0.15, 0.2) is 0 Å². The summed E-state index contributed by atoms with van der Waals surface area (Å²) in [5.74, 6) is -0.370. The van der Waals surface area contributed by atoms with Gasteiger partial charge in [0.15, 0.2) is 0 Å². The number of alkyl halides is 4. The molecule has 74 valence electrons. The molecule has 1 atom stereocenters. The first-order valence-corrected chi connectivity index (χ1v) is 4.73. The first-order chi connectivity index (χ1) is 5.49. The van der Waals surface area contributed by atoms with Gasteiger partial charge in [0.25, 0.3) is 0 Å². The average Bonchev–Trinajstić information content (AvgIpc) is 1.95. The van der Waals surface area contributed by atoms with Gasteiger partial charge in [-0.15, -0.1) is 0 Å². The van der Waals surface area contributed by atoms with Crippen molar-refractivity contribution in [1.82, 2.24) is 0 Å². The Morgan fingerprint density at radius 2 is 2.00 bits per heavy atom. The largest absolute Gasteiger partial charge is 0.389 e. The van der Waals surface area contributed by atoms with Crippen molar-refractivity contribution in [3.63, 3.8) is 0 Å². The monoisotopic (exact) mass is 248 g/mol. The Labute approximate surface area is 78.4 Å². The van der Waals surface area contributed by atoms with Crippen LogP contribution in [-0.4, -0.2) is 25.2 Å². The zero-order valence-electron chi connectivity index (χ0n) is 6.83. The van der Waals surface area contributed by atoms with Gasteiger partial charge in [0.2, 0.25) is 0 Å². The Kier molecular flexibility index (Phi) is 5.92. The fourth-order valence-corrected chi connectivity index (χ4v) is 1.40. The zero-order chi connectivity index (χ0) is 9.61. The second-order valence-electron chi connectivity index (χ2n) is 2.62. The van der Waals surface area contributed by atoms with Crippen molar-refractivity contribution in [1.29, 1.82) is 0 Å². The highest BCUT2D eigenvalue weighted by molar-refractivity contribution is 9.09. The van der Waals surface area contributed by atoms with E-state index in [2.05, 4.69) is 15.9 Å². The molecule has 0 aromatic rings. The molecule has 0 rings (SSSR count). The third-order valence-electron chi connectivity index (χ3n) is 1.47. The van der Waals surface area contributed by atoms with Gasteiger partial charge in [-0.1, -0.05) is 15.9 Å². The highest BCUT2D eigenvalue weighted by Gasteiger charge is 2.30. The molecule has 0 heterocycles. The van der Waals surface area contributed by atoms with Gasteiger partial charge in [0, 0.05) is 25.5 Å². The Balaban J connectivity index is 3.67. The summed E-state index contributed by atoms with van der Waals surface area (Å²) in [4.78, 5) is 0. The molecule has 0 aliphatic heterocycles. The van der Waals surface area contributed by atoms with Crippen molar-refractivity contribution >= 4 is 15.9 Å². The summed E-state index contributed by atoms with van der Waals surface area (Å²) in [6.07, 6.45) is -4.35. The van der Waals surface area contributed by atoms with E-state index in [9.17, 15) is 13.2 Å². The van der Waals surface area contributed by atoms with Gasteiger partial charge in [0.05, 0.1) is 0 Å². The molecular weight excluding hydrogens is 237 g/mol. The normalized spacial score (nSPS) is 14.8.